The monoisotopic (exact) mass is 241 g/mol. The van der Waals surface area contributed by atoms with Crippen LogP contribution in [0.1, 0.15) is 37.3 Å². The fourth-order valence-corrected chi connectivity index (χ4v) is 2.46. The van der Waals surface area contributed by atoms with E-state index in [1.165, 1.54) is 4.88 Å². The Morgan fingerprint density at radius 2 is 2.19 bits per heavy atom. The number of rotatable bonds is 6. The quantitative estimate of drug-likeness (QED) is 0.831. The minimum atomic E-state index is -0.0404. The second-order valence-corrected chi connectivity index (χ2v) is 6.13. The molecule has 0 aliphatic heterocycles. The summed E-state index contributed by atoms with van der Waals surface area (Å²) in [5.74, 6) is 0. The summed E-state index contributed by atoms with van der Waals surface area (Å²) in [5.41, 5.74) is 9.00. The molecule has 1 heterocycles. The van der Waals surface area contributed by atoms with Crippen molar-refractivity contribution in [1.29, 1.82) is 0 Å². The molecule has 4 heteroatoms. The Labute approximate surface area is 103 Å². The van der Waals surface area contributed by atoms with Crippen molar-refractivity contribution in [3.05, 3.63) is 16.1 Å². The highest BCUT2D eigenvalue weighted by molar-refractivity contribution is 7.09. The zero-order chi connectivity index (χ0) is 12.2. The number of thiazole rings is 1. The van der Waals surface area contributed by atoms with Crippen molar-refractivity contribution >= 4 is 11.3 Å². The van der Waals surface area contributed by atoms with Crippen LogP contribution >= 0.6 is 11.3 Å². The molecule has 1 aromatic heterocycles. The van der Waals surface area contributed by atoms with Crippen LogP contribution < -0.4 is 5.73 Å². The maximum Gasteiger partial charge on any atom is 0.0798 e. The molecule has 0 fully saturated rings. The van der Waals surface area contributed by atoms with Crippen LogP contribution in [0.4, 0.5) is 0 Å². The highest BCUT2D eigenvalue weighted by Crippen LogP contribution is 2.15. The molecule has 0 atom stereocenters. The molecule has 0 aliphatic rings. The van der Waals surface area contributed by atoms with E-state index in [0.29, 0.717) is 0 Å². The number of hydrogen-bond acceptors (Lipinski definition) is 4. The topological polar surface area (TPSA) is 42.2 Å². The van der Waals surface area contributed by atoms with Gasteiger partial charge < -0.3 is 10.6 Å². The molecule has 0 amide bonds. The molecule has 16 heavy (non-hydrogen) atoms. The molecular formula is C12H23N3S. The van der Waals surface area contributed by atoms with E-state index >= 15 is 0 Å². The van der Waals surface area contributed by atoms with E-state index in [4.69, 9.17) is 5.73 Å². The molecule has 0 aliphatic carbocycles. The smallest absolute Gasteiger partial charge is 0.0798 e. The van der Waals surface area contributed by atoms with Gasteiger partial charge in [0.25, 0.3) is 0 Å². The van der Waals surface area contributed by atoms with Crippen molar-refractivity contribution in [2.24, 2.45) is 5.73 Å². The summed E-state index contributed by atoms with van der Waals surface area (Å²) in [5, 5.41) is 0. The maximum atomic E-state index is 5.96. The molecule has 0 saturated heterocycles. The van der Waals surface area contributed by atoms with E-state index < -0.39 is 0 Å². The lowest BCUT2D eigenvalue weighted by atomic mass is 10.0. The first kappa shape index (κ1) is 13.6. The van der Waals surface area contributed by atoms with Gasteiger partial charge >= 0.3 is 0 Å². The minimum Gasteiger partial charge on any atom is -0.326 e. The van der Waals surface area contributed by atoms with Crippen LogP contribution in [0.2, 0.25) is 0 Å². The average Bonchev–Trinajstić information content (AvgIpc) is 2.49. The van der Waals surface area contributed by atoms with Crippen molar-refractivity contribution in [3.63, 3.8) is 0 Å². The zero-order valence-corrected chi connectivity index (χ0v) is 11.6. The lowest BCUT2D eigenvalue weighted by molar-refractivity contribution is 0.304. The lowest BCUT2D eigenvalue weighted by Crippen LogP contribution is -2.33. The van der Waals surface area contributed by atoms with Gasteiger partial charge in [0.1, 0.15) is 0 Å². The summed E-state index contributed by atoms with van der Waals surface area (Å²) < 4.78 is 0. The van der Waals surface area contributed by atoms with E-state index in [0.717, 1.165) is 31.6 Å². The van der Waals surface area contributed by atoms with Gasteiger partial charge in [0.2, 0.25) is 0 Å². The van der Waals surface area contributed by atoms with Gasteiger partial charge in [0.05, 0.1) is 11.2 Å². The molecule has 1 aromatic rings. The SMILES string of the molecule is Cc1ncsc1CN(C)CCCC(C)(C)N. The molecule has 0 unspecified atom stereocenters. The third-order valence-electron chi connectivity index (χ3n) is 2.62. The molecule has 0 saturated carbocycles. The van der Waals surface area contributed by atoms with Crippen molar-refractivity contribution in [2.45, 2.75) is 45.7 Å². The van der Waals surface area contributed by atoms with Gasteiger partial charge in [0, 0.05) is 17.0 Å². The Bertz CT molecular complexity index is 314. The molecular weight excluding hydrogens is 218 g/mol. The van der Waals surface area contributed by atoms with Gasteiger partial charge in [-0.15, -0.1) is 11.3 Å². The molecule has 2 N–H and O–H groups in total. The second kappa shape index (κ2) is 5.75. The van der Waals surface area contributed by atoms with Gasteiger partial charge in [-0.1, -0.05) is 0 Å². The van der Waals surface area contributed by atoms with Crippen molar-refractivity contribution < 1.29 is 0 Å². The Kier molecular flexibility index (Phi) is 4.89. The summed E-state index contributed by atoms with van der Waals surface area (Å²) in [6.07, 6.45) is 2.22. The van der Waals surface area contributed by atoms with Crippen LogP contribution in [0.25, 0.3) is 0 Å². The zero-order valence-electron chi connectivity index (χ0n) is 10.8. The lowest BCUT2D eigenvalue weighted by Gasteiger charge is -2.21. The first-order chi connectivity index (χ1) is 7.38. The fourth-order valence-electron chi connectivity index (χ4n) is 1.61. The van der Waals surface area contributed by atoms with Crippen LogP contribution in [0, 0.1) is 6.92 Å². The summed E-state index contributed by atoms with van der Waals surface area (Å²) >= 11 is 1.74. The number of nitrogens with two attached hydrogens (primary N) is 1. The summed E-state index contributed by atoms with van der Waals surface area (Å²) in [7, 11) is 2.16. The largest absolute Gasteiger partial charge is 0.326 e. The van der Waals surface area contributed by atoms with Gasteiger partial charge in [-0.2, -0.15) is 0 Å². The van der Waals surface area contributed by atoms with Gasteiger partial charge in [-0.3, -0.25) is 0 Å². The molecule has 0 radical (unpaired) electrons. The third-order valence-corrected chi connectivity index (χ3v) is 3.54. The van der Waals surface area contributed by atoms with E-state index in [2.05, 4.69) is 37.7 Å². The highest BCUT2D eigenvalue weighted by Gasteiger charge is 2.11. The third kappa shape index (κ3) is 5.05. The van der Waals surface area contributed by atoms with Crippen LogP contribution in [-0.4, -0.2) is 29.0 Å². The molecule has 0 bridgehead atoms. The highest BCUT2D eigenvalue weighted by atomic mass is 32.1. The van der Waals surface area contributed by atoms with Gasteiger partial charge in [0.15, 0.2) is 0 Å². The maximum absolute atomic E-state index is 5.96. The normalized spacial score (nSPS) is 12.4. The number of aromatic nitrogens is 1. The van der Waals surface area contributed by atoms with E-state index in [1.807, 2.05) is 5.51 Å². The van der Waals surface area contributed by atoms with Crippen molar-refractivity contribution in [3.8, 4) is 0 Å². The van der Waals surface area contributed by atoms with Gasteiger partial charge in [-0.05, 0) is 47.2 Å². The minimum absolute atomic E-state index is 0.0404. The van der Waals surface area contributed by atoms with Crippen LogP contribution in [0.15, 0.2) is 5.51 Å². The molecule has 0 aromatic carbocycles. The number of aryl methyl sites for hydroxylation is 1. The second-order valence-electron chi connectivity index (χ2n) is 5.19. The van der Waals surface area contributed by atoms with E-state index in [-0.39, 0.29) is 5.54 Å². The molecule has 1 rings (SSSR count). The van der Waals surface area contributed by atoms with Crippen LogP contribution in [-0.2, 0) is 6.54 Å². The Morgan fingerprint density at radius 1 is 1.50 bits per heavy atom. The standard InChI is InChI=1S/C12H23N3S/c1-10-11(16-9-14-10)8-15(4)7-5-6-12(2,3)13/h9H,5-8,13H2,1-4H3. The first-order valence-electron chi connectivity index (χ1n) is 5.75. The van der Waals surface area contributed by atoms with Gasteiger partial charge in [-0.25, -0.2) is 4.98 Å². The Hall–Kier alpha value is -0.450. The van der Waals surface area contributed by atoms with E-state index in [9.17, 15) is 0 Å². The average molecular weight is 241 g/mol. The molecule has 92 valence electrons. The number of nitrogens with zero attached hydrogens (tertiary/aromatic N) is 2. The molecule has 0 spiro atoms. The van der Waals surface area contributed by atoms with E-state index in [1.54, 1.807) is 11.3 Å². The summed E-state index contributed by atoms with van der Waals surface area (Å²) in [4.78, 5) is 7.97. The summed E-state index contributed by atoms with van der Waals surface area (Å²) in [6, 6.07) is 0. The molecule has 3 nitrogen and oxygen atoms in total. The number of hydrogen-bond donors (Lipinski definition) is 1. The predicted octanol–water partition coefficient (Wildman–Crippen LogP) is 2.40. The fraction of sp³-hybridized carbons (Fsp3) is 0.750. The Morgan fingerprint density at radius 3 is 2.69 bits per heavy atom. The Balaban J connectivity index is 2.26. The summed E-state index contributed by atoms with van der Waals surface area (Å²) in [6.45, 7) is 8.34. The van der Waals surface area contributed by atoms with Crippen molar-refractivity contribution in [2.75, 3.05) is 13.6 Å². The van der Waals surface area contributed by atoms with Crippen LogP contribution in [0.5, 0.6) is 0 Å². The predicted molar refractivity (Wildman–Crippen MR) is 70.7 cm³/mol. The van der Waals surface area contributed by atoms with Crippen molar-refractivity contribution in [1.82, 2.24) is 9.88 Å². The first-order valence-corrected chi connectivity index (χ1v) is 6.63. The van der Waals surface area contributed by atoms with Crippen LogP contribution in [0.3, 0.4) is 0 Å².